The molecule has 4 heteroatoms. The number of carbonyl (C=O) groups excluding carboxylic acids is 1. The highest BCUT2D eigenvalue weighted by molar-refractivity contribution is 6.31. The van der Waals surface area contributed by atoms with E-state index in [1.165, 1.54) is 31.4 Å². The first-order valence-corrected chi connectivity index (χ1v) is 7.15. The van der Waals surface area contributed by atoms with Crippen molar-refractivity contribution in [2.75, 3.05) is 6.54 Å². The lowest BCUT2D eigenvalue weighted by Crippen LogP contribution is -2.37. The van der Waals surface area contributed by atoms with Gasteiger partial charge in [-0.1, -0.05) is 37.8 Å². The third-order valence-electron chi connectivity index (χ3n) is 3.94. The molecule has 0 aromatic heterocycles. The molecular weight excluding hydrogens is 262 g/mol. The van der Waals surface area contributed by atoms with Crippen molar-refractivity contribution >= 4 is 17.5 Å². The highest BCUT2D eigenvalue weighted by atomic mass is 35.5. The predicted molar refractivity (Wildman–Crippen MR) is 76.6 cm³/mol. The smallest absolute Gasteiger partial charge is 0.255 e. The maximum Gasteiger partial charge on any atom is 0.255 e. The van der Waals surface area contributed by atoms with Crippen molar-refractivity contribution in [1.29, 1.82) is 0 Å². The summed E-state index contributed by atoms with van der Waals surface area (Å²) in [6, 6.07) is 4.51. The van der Waals surface area contributed by atoms with Crippen LogP contribution in [0.2, 0.25) is 5.02 Å². The maximum absolute atomic E-state index is 12.1. The Hall–Kier alpha value is -1.22. The van der Waals surface area contributed by atoms with Gasteiger partial charge in [0.15, 0.2) is 0 Å². The Labute approximate surface area is 119 Å². The number of nitrogens with one attached hydrogen (secondary N) is 1. The summed E-state index contributed by atoms with van der Waals surface area (Å²) in [4.78, 5) is 12.1. The highest BCUT2D eigenvalue weighted by Crippen LogP contribution is 2.35. The van der Waals surface area contributed by atoms with Crippen molar-refractivity contribution in [2.45, 2.75) is 39.0 Å². The topological polar surface area (TPSA) is 49.3 Å². The first-order chi connectivity index (χ1) is 9.00. The molecule has 0 unspecified atom stereocenters. The summed E-state index contributed by atoms with van der Waals surface area (Å²) in [7, 11) is 0. The number of rotatable bonds is 3. The van der Waals surface area contributed by atoms with Crippen LogP contribution in [0.3, 0.4) is 0 Å². The number of phenols is 1. The van der Waals surface area contributed by atoms with Crippen molar-refractivity contribution in [2.24, 2.45) is 5.41 Å². The number of hydrogen-bond acceptors (Lipinski definition) is 2. The molecule has 1 aromatic rings. The van der Waals surface area contributed by atoms with Crippen LogP contribution < -0.4 is 5.32 Å². The normalized spacial score (nSPS) is 18.0. The fourth-order valence-corrected chi connectivity index (χ4v) is 2.83. The van der Waals surface area contributed by atoms with E-state index in [0.29, 0.717) is 11.6 Å². The number of amides is 1. The maximum atomic E-state index is 12.1. The molecule has 0 spiro atoms. The van der Waals surface area contributed by atoms with Crippen LogP contribution in [0.15, 0.2) is 18.2 Å². The number of carbonyl (C=O) groups is 1. The third kappa shape index (κ3) is 3.63. The van der Waals surface area contributed by atoms with E-state index in [4.69, 9.17) is 11.6 Å². The summed E-state index contributed by atoms with van der Waals surface area (Å²) in [5.41, 5.74) is 0.425. The molecule has 1 saturated carbocycles. The molecule has 1 amide bonds. The van der Waals surface area contributed by atoms with Gasteiger partial charge in [0.05, 0.1) is 5.56 Å². The summed E-state index contributed by atoms with van der Waals surface area (Å²) in [5.74, 6) is -0.289. The second-order valence-corrected chi connectivity index (χ2v) is 6.15. The zero-order chi connectivity index (χ0) is 13.9. The molecule has 0 atom stereocenters. The van der Waals surface area contributed by atoms with Crippen molar-refractivity contribution in [3.63, 3.8) is 0 Å². The van der Waals surface area contributed by atoms with Crippen LogP contribution in [0.4, 0.5) is 0 Å². The molecule has 1 aromatic carbocycles. The van der Waals surface area contributed by atoms with Crippen LogP contribution in [0.25, 0.3) is 0 Å². The van der Waals surface area contributed by atoms with Gasteiger partial charge in [0.2, 0.25) is 0 Å². The average Bonchev–Trinajstić information content (AvgIpc) is 2.40. The van der Waals surface area contributed by atoms with E-state index in [1.54, 1.807) is 6.07 Å². The van der Waals surface area contributed by atoms with Gasteiger partial charge in [0.1, 0.15) is 5.75 Å². The van der Waals surface area contributed by atoms with Gasteiger partial charge >= 0.3 is 0 Å². The summed E-state index contributed by atoms with van der Waals surface area (Å²) in [6.07, 6.45) is 6.05. The Balaban J connectivity index is 1.99. The minimum atomic E-state index is -0.258. The van der Waals surface area contributed by atoms with Gasteiger partial charge < -0.3 is 10.4 Å². The standard InChI is InChI=1S/C15H20ClNO2/c1-15(7-3-2-4-8-15)10-17-14(19)12-9-11(16)5-6-13(12)18/h5-6,9,18H,2-4,7-8,10H2,1H3,(H,17,19). The molecule has 0 radical (unpaired) electrons. The molecule has 0 heterocycles. The Kier molecular flexibility index (Phi) is 4.35. The summed E-state index contributed by atoms with van der Waals surface area (Å²) in [5, 5.41) is 13.1. The first kappa shape index (κ1) is 14.2. The van der Waals surface area contributed by atoms with Crippen molar-refractivity contribution < 1.29 is 9.90 Å². The SMILES string of the molecule is CC1(CNC(=O)c2cc(Cl)ccc2O)CCCCC1. The van der Waals surface area contributed by atoms with Crippen molar-refractivity contribution in [3.05, 3.63) is 28.8 Å². The van der Waals surface area contributed by atoms with Crippen LogP contribution >= 0.6 is 11.6 Å². The predicted octanol–water partition coefficient (Wildman–Crippen LogP) is 3.75. The third-order valence-corrected chi connectivity index (χ3v) is 4.17. The van der Waals surface area contributed by atoms with Gasteiger partial charge in [0.25, 0.3) is 5.91 Å². The molecule has 0 aliphatic heterocycles. The van der Waals surface area contributed by atoms with Gasteiger partial charge in [-0.05, 0) is 36.5 Å². The number of hydrogen-bond donors (Lipinski definition) is 2. The van der Waals surface area contributed by atoms with Crippen LogP contribution in [0.1, 0.15) is 49.4 Å². The number of aromatic hydroxyl groups is 1. The van der Waals surface area contributed by atoms with Crippen molar-refractivity contribution in [3.8, 4) is 5.75 Å². The van der Waals surface area contributed by atoms with Gasteiger partial charge in [-0.2, -0.15) is 0 Å². The molecule has 1 aliphatic rings. The van der Waals surface area contributed by atoms with Gasteiger partial charge in [-0.25, -0.2) is 0 Å². The average molecular weight is 282 g/mol. The summed E-state index contributed by atoms with van der Waals surface area (Å²) >= 11 is 5.85. The van der Waals surface area contributed by atoms with Gasteiger partial charge in [-0.3, -0.25) is 4.79 Å². The zero-order valence-corrected chi connectivity index (χ0v) is 12.0. The highest BCUT2D eigenvalue weighted by Gasteiger charge is 2.27. The van der Waals surface area contributed by atoms with E-state index in [0.717, 1.165) is 12.8 Å². The minimum Gasteiger partial charge on any atom is -0.507 e. The Bertz CT molecular complexity index is 467. The molecule has 2 rings (SSSR count). The van der Waals surface area contributed by atoms with Crippen LogP contribution in [-0.2, 0) is 0 Å². The zero-order valence-electron chi connectivity index (χ0n) is 11.2. The monoisotopic (exact) mass is 281 g/mol. The molecule has 0 bridgehead atoms. The Morgan fingerprint density at radius 1 is 1.37 bits per heavy atom. The number of phenolic OH excluding ortho intramolecular Hbond substituents is 1. The largest absolute Gasteiger partial charge is 0.507 e. The number of halogens is 1. The second-order valence-electron chi connectivity index (χ2n) is 5.72. The van der Waals surface area contributed by atoms with Gasteiger partial charge in [-0.15, -0.1) is 0 Å². The lowest BCUT2D eigenvalue weighted by Gasteiger charge is -2.33. The molecule has 104 valence electrons. The van der Waals surface area contributed by atoms with Crippen LogP contribution in [-0.4, -0.2) is 17.6 Å². The van der Waals surface area contributed by atoms with E-state index in [9.17, 15) is 9.90 Å². The lowest BCUT2D eigenvalue weighted by atomic mass is 9.76. The second kappa shape index (κ2) is 5.83. The molecule has 0 saturated heterocycles. The van der Waals surface area contributed by atoms with Gasteiger partial charge in [0, 0.05) is 11.6 Å². The lowest BCUT2D eigenvalue weighted by molar-refractivity contribution is 0.0916. The molecule has 19 heavy (non-hydrogen) atoms. The van der Waals surface area contributed by atoms with E-state index >= 15 is 0 Å². The van der Waals surface area contributed by atoms with Crippen molar-refractivity contribution in [1.82, 2.24) is 5.32 Å². The van der Waals surface area contributed by atoms with Crippen LogP contribution in [0.5, 0.6) is 5.75 Å². The van der Waals surface area contributed by atoms with E-state index < -0.39 is 0 Å². The van der Waals surface area contributed by atoms with Crippen LogP contribution in [0, 0.1) is 5.41 Å². The quantitative estimate of drug-likeness (QED) is 0.886. The Morgan fingerprint density at radius 2 is 2.05 bits per heavy atom. The van der Waals surface area contributed by atoms with E-state index in [1.807, 2.05) is 0 Å². The fourth-order valence-electron chi connectivity index (χ4n) is 2.66. The molecular formula is C15H20ClNO2. The molecule has 3 nitrogen and oxygen atoms in total. The molecule has 2 N–H and O–H groups in total. The summed E-state index contributed by atoms with van der Waals surface area (Å²) in [6.45, 7) is 2.86. The summed E-state index contributed by atoms with van der Waals surface area (Å²) < 4.78 is 0. The molecule has 1 aliphatic carbocycles. The minimum absolute atomic E-state index is 0.0318. The van der Waals surface area contributed by atoms with E-state index in [-0.39, 0.29) is 22.6 Å². The van der Waals surface area contributed by atoms with E-state index in [2.05, 4.69) is 12.2 Å². The Morgan fingerprint density at radius 3 is 2.74 bits per heavy atom. The fraction of sp³-hybridized carbons (Fsp3) is 0.533. The molecule has 1 fully saturated rings. The first-order valence-electron chi connectivity index (χ1n) is 6.77. The number of benzene rings is 1.